The average molecular weight is 187 g/mol. The van der Waals surface area contributed by atoms with Gasteiger partial charge in [0.25, 0.3) is 0 Å². The molecule has 0 radical (unpaired) electrons. The minimum Gasteiger partial charge on any atom is -0.287 e. The van der Waals surface area contributed by atoms with Crippen molar-refractivity contribution in [3.63, 3.8) is 0 Å². The Kier molecular flexibility index (Phi) is 3.33. The quantitative estimate of drug-likeness (QED) is 0.657. The summed E-state index contributed by atoms with van der Waals surface area (Å²) >= 11 is 0. The molecule has 0 bridgehead atoms. The van der Waals surface area contributed by atoms with Gasteiger partial charge in [-0.2, -0.15) is 0 Å². The molecule has 14 heavy (non-hydrogen) atoms. The van der Waals surface area contributed by atoms with E-state index in [1.807, 2.05) is 25.2 Å². The molecular formula is C13H17N. The van der Waals surface area contributed by atoms with Crippen LogP contribution in [0.4, 0.5) is 0 Å². The first-order chi connectivity index (χ1) is 6.56. The normalized spacial score (nSPS) is 11.4. The van der Waals surface area contributed by atoms with E-state index in [4.69, 9.17) is 6.42 Å². The molecule has 0 spiro atoms. The second-order valence-corrected chi connectivity index (χ2v) is 4.05. The minimum absolute atomic E-state index is 0.185. The summed E-state index contributed by atoms with van der Waals surface area (Å²) in [6.45, 7) is 4.99. The van der Waals surface area contributed by atoms with Gasteiger partial charge in [0.05, 0.1) is 5.54 Å². The molecule has 0 fully saturated rings. The van der Waals surface area contributed by atoms with Crippen LogP contribution in [0.25, 0.3) is 0 Å². The third-order valence-corrected chi connectivity index (χ3v) is 2.57. The lowest BCUT2D eigenvalue weighted by atomic mass is 10.0. The maximum atomic E-state index is 5.47. The molecule has 0 aliphatic carbocycles. The molecular weight excluding hydrogens is 170 g/mol. The second kappa shape index (κ2) is 4.30. The van der Waals surface area contributed by atoms with Gasteiger partial charge in [-0.25, -0.2) is 0 Å². The summed E-state index contributed by atoms with van der Waals surface area (Å²) < 4.78 is 0. The Hall–Kier alpha value is -1.26. The number of nitrogens with zero attached hydrogens (tertiary/aromatic N) is 1. The van der Waals surface area contributed by atoms with Crippen molar-refractivity contribution < 1.29 is 0 Å². The Bertz CT molecular complexity index is 319. The van der Waals surface area contributed by atoms with Gasteiger partial charge in [0.2, 0.25) is 0 Å². The van der Waals surface area contributed by atoms with Gasteiger partial charge in [-0.3, -0.25) is 4.90 Å². The Balaban J connectivity index is 2.68. The van der Waals surface area contributed by atoms with Crippen molar-refractivity contribution in [1.82, 2.24) is 4.90 Å². The summed E-state index contributed by atoms with van der Waals surface area (Å²) in [5, 5.41) is 0. The first kappa shape index (κ1) is 10.8. The highest BCUT2D eigenvalue weighted by Crippen LogP contribution is 2.14. The molecule has 1 aromatic rings. The highest BCUT2D eigenvalue weighted by atomic mass is 15.2. The molecule has 1 nitrogen and oxygen atoms in total. The molecule has 0 saturated heterocycles. The molecule has 0 aliphatic heterocycles. The van der Waals surface area contributed by atoms with Crippen LogP contribution in [-0.2, 0) is 6.54 Å². The summed E-state index contributed by atoms with van der Waals surface area (Å²) in [5.41, 5.74) is 1.11. The van der Waals surface area contributed by atoms with Crippen LogP contribution in [0.5, 0.6) is 0 Å². The van der Waals surface area contributed by atoms with Crippen LogP contribution in [0.3, 0.4) is 0 Å². The van der Waals surface area contributed by atoms with Crippen LogP contribution in [0.15, 0.2) is 30.3 Å². The van der Waals surface area contributed by atoms with Crippen molar-refractivity contribution in [2.75, 3.05) is 7.05 Å². The molecule has 1 heteroatoms. The summed E-state index contributed by atoms with van der Waals surface area (Å²) in [4.78, 5) is 2.17. The van der Waals surface area contributed by atoms with Crippen LogP contribution in [0.2, 0.25) is 0 Å². The Morgan fingerprint density at radius 2 is 1.86 bits per heavy atom. The van der Waals surface area contributed by atoms with E-state index in [0.717, 1.165) is 6.54 Å². The van der Waals surface area contributed by atoms with E-state index in [1.54, 1.807) is 0 Å². The number of hydrogen-bond acceptors (Lipinski definition) is 1. The molecule has 1 aromatic carbocycles. The fourth-order valence-electron chi connectivity index (χ4n) is 1.17. The Morgan fingerprint density at radius 1 is 1.29 bits per heavy atom. The van der Waals surface area contributed by atoms with Crippen molar-refractivity contribution in [2.45, 2.75) is 25.9 Å². The number of benzene rings is 1. The maximum absolute atomic E-state index is 5.47. The minimum atomic E-state index is -0.185. The predicted molar refractivity (Wildman–Crippen MR) is 60.8 cm³/mol. The smallest absolute Gasteiger partial charge is 0.0766 e. The van der Waals surface area contributed by atoms with Gasteiger partial charge >= 0.3 is 0 Å². The molecule has 0 aliphatic rings. The third kappa shape index (κ3) is 2.61. The maximum Gasteiger partial charge on any atom is 0.0766 e. The van der Waals surface area contributed by atoms with E-state index in [1.165, 1.54) is 5.56 Å². The molecule has 0 heterocycles. The van der Waals surface area contributed by atoms with Gasteiger partial charge in [0.15, 0.2) is 0 Å². The van der Waals surface area contributed by atoms with Crippen LogP contribution < -0.4 is 0 Å². The first-order valence-electron chi connectivity index (χ1n) is 4.79. The summed E-state index contributed by atoms with van der Waals surface area (Å²) in [6, 6.07) is 10.3. The Morgan fingerprint density at radius 3 is 2.36 bits per heavy atom. The molecule has 1 rings (SSSR count). The largest absolute Gasteiger partial charge is 0.287 e. The zero-order chi connectivity index (χ0) is 10.6. The molecule has 0 amide bonds. The van der Waals surface area contributed by atoms with Crippen molar-refractivity contribution in [2.24, 2.45) is 0 Å². The van der Waals surface area contributed by atoms with Gasteiger partial charge in [-0.1, -0.05) is 36.3 Å². The zero-order valence-electron chi connectivity index (χ0n) is 9.12. The number of hydrogen-bond donors (Lipinski definition) is 0. The van der Waals surface area contributed by atoms with E-state index < -0.39 is 0 Å². The monoisotopic (exact) mass is 187 g/mol. The van der Waals surface area contributed by atoms with Gasteiger partial charge < -0.3 is 0 Å². The van der Waals surface area contributed by atoms with E-state index in [2.05, 4.69) is 36.8 Å². The summed E-state index contributed by atoms with van der Waals surface area (Å²) in [7, 11) is 2.05. The van der Waals surface area contributed by atoms with Crippen LogP contribution in [0, 0.1) is 12.3 Å². The highest BCUT2D eigenvalue weighted by molar-refractivity contribution is 5.16. The zero-order valence-corrected chi connectivity index (χ0v) is 9.12. The van der Waals surface area contributed by atoms with Crippen LogP contribution in [-0.4, -0.2) is 17.5 Å². The molecule has 74 valence electrons. The predicted octanol–water partition coefficient (Wildman–Crippen LogP) is 2.53. The molecule has 0 aromatic heterocycles. The summed E-state index contributed by atoms with van der Waals surface area (Å²) in [5.74, 6) is 2.79. The number of terminal acetylenes is 1. The topological polar surface area (TPSA) is 3.24 Å². The van der Waals surface area contributed by atoms with E-state index in [0.29, 0.717) is 0 Å². The molecule has 0 saturated carbocycles. The highest BCUT2D eigenvalue weighted by Gasteiger charge is 2.19. The molecule has 0 N–H and O–H groups in total. The average Bonchev–Trinajstić information content (AvgIpc) is 2.19. The van der Waals surface area contributed by atoms with Crippen molar-refractivity contribution in [1.29, 1.82) is 0 Å². The lowest BCUT2D eigenvalue weighted by Crippen LogP contribution is -2.38. The lowest BCUT2D eigenvalue weighted by molar-refractivity contribution is 0.205. The van der Waals surface area contributed by atoms with Crippen molar-refractivity contribution >= 4 is 0 Å². The fourth-order valence-corrected chi connectivity index (χ4v) is 1.17. The number of rotatable bonds is 3. The van der Waals surface area contributed by atoms with Gasteiger partial charge in [0, 0.05) is 6.54 Å². The third-order valence-electron chi connectivity index (χ3n) is 2.57. The van der Waals surface area contributed by atoms with Crippen molar-refractivity contribution in [3.05, 3.63) is 35.9 Å². The van der Waals surface area contributed by atoms with E-state index >= 15 is 0 Å². The standard InChI is InChI=1S/C13H17N/c1-5-13(2,3)14(4)11-12-9-7-6-8-10-12/h1,6-10H,11H2,2-4H3. The summed E-state index contributed by atoms with van der Waals surface area (Å²) in [6.07, 6.45) is 5.47. The van der Waals surface area contributed by atoms with E-state index in [9.17, 15) is 0 Å². The lowest BCUT2D eigenvalue weighted by Gasteiger charge is -2.30. The first-order valence-corrected chi connectivity index (χ1v) is 4.79. The van der Waals surface area contributed by atoms with E-state index in [-0.39, 0.29) is 5.54 Å². The van der Waals surface area contributed by atoms with Crippen molar-refractivity contribution in [3.8, 4) is 12.3 Å². The van der Waals surface area contributed by atoms with Crippen LogP contribution in [0.1, 0.15) is 19.4 Å². The van der Waals surface area contributed by atoms with Crippen LogP contribution >= 0.6 is 0 Å². The second-order valence-electron chi connectivity index (χ2n) is 4.05. The van der Waals surface area contributed by atoms with Gasteiger partial charge in [0.1, 0.15) is 0 Å². The van der Waals surface area contributed by atoms with Gasteiger partial charge in [-0.15, -0.1) is 6.42 Å². The van der Waals surface area contributed by atoms with Gasteiger partial charge in [-0.05, 0) is 26.5 Å². The fraction of sp³-hybridized carbons (Fsp3) is 0.385. The molecule has 0 atom stereocenters. The SMILES string of the molecule is C#CC(C)(C)N(C)Cc1ccccc1. The Labute approximate surface area is 86.7 Å². The molecule has 0 unspecified atom stereocenters.